The second kappa shape index (κ2) is 5.36. The molecule has 74 valence electrons. The van der Waals surface area contributed by atoms with Gasteiger partial charge in [-0.2, -0.15) is 5.10 Å². The Balaban J connectivity index is 2.13. The smallest absolute Gasteiger partial charge is 0.0745 e. The largest absolute Gasteiger partial charge is 0.391 e. The van der Waals surface area contributed by atoms with Gasteiger partial charge in [-0.3, -0.25) is 4.68 Å². The number of aliphatic hydroxyl groups excluding tert-OH is 1. The molecule has 0 fully saturated rings. The molecule has 0 unspecified atom stereocenters. The standard InChI is InChI=1S/C8H13BrN2O2/c1-7(12)6-13-3-2-11-5-8(9)4-10-11/h4-5,7,12H,2-3,6H2,1H3/t7-/m1/s1. The summed E-state index contributed by atoms with van der Waals surface area (Å²) in [7, 11) is 0. The first-order valence-electron chi connectivity index (χ1n) is 4.12. The van der Waals surface area contributed by atoms with Crippen LogP contribution in [0.2, 0.25) is 0 Å². The van der Waals surface area contributed by atoms with E-state index in [0.717, 1.165) is 4.47 Å². The maximum atomic E-state index is 8.90. The molecular weight excluding hydrogens is 236 g/mol. The highest BCUT2D eigenvalue weighted by atomic mass is 79.9. The van der Waals surface area contributed by atoms with Crippen molar-refractivity contribution in [2.75, 3.05) is 13.2 Å². The first-order chi connectivity index (χ1) is 6.18. The predicted molar refractivity (Wildman–Crippen MR) is 52.4 cm³/mol. The number of hydrogen-bond donors (Lipinski definition) is 1. The van der Waals surface area contributed by atoms with E-state index in [1.54, 1.807) is 17.8 Å². The molecule has 5 heteroatoms. The van der Waals surface area contributed by atoms with Crippen LogP contribution in [0.25, 0.3) is 0 Å². The Morgan fingerprint density at radius 1 is 1.77 bits per heavy atom. The second-order valence-corrected chi connectivity index (χ2v) is 3.76. The molecule has 0 aliphatic heterocycles. The number of aliphatic hydroxyl groups is 1. The van der Waals surface area contributed by atoms with Crippen molar-refractivity contribution in [2.24, 2.45) is 0 Å². The number of hydrogen-bond acceptors (Lipinski definition) is 3. The van der Waals surface area contributed by atoms with Gasteiger partial charge in [0.25, 0.3) is 0 Å². The van der Waals surface area contributed by atoms with E-state index >= 15 is 0 Å². The fraction of sp³-hybridized carbons (Fsp3) is 0.625. The molecule has 1 aromatic rings. The number of rotatable bonds is 5. The molecule has 1 atom stereocenters. The summed E-state index contributed by atoms with van der Waals surface area (Å²) in [5, 5.41) is 13.0. The molecule has 0 aliphatic rings. The van der Waals surface area contributed by atoms with E-state index in [4.69, 9.17) is 9.84 Å². The van der Waals surface area contributed by atoms with E-state index in [1.165, 1.54) is 0 Å². The zero-order chi connectivity index (χ0) is 9.68. The van der Waals surface area contributed by atoms with E-state index in [2.05, 4.69) is 21.0 Å². The number of ether oxygens (including phenoxy) is 1. The van der Waals surface area contributed by atoms with Crippen LogP contribution < -0.4 is 0 Å². The summed E-state index contributed by atoms with van der Waals surface area (Å²) < 4.78 is 7.93. The van der Waals surface area contributed by atoms with Crippen molar-refractivity contribution in [3.8, 4) is 0 Å². The van der Waals surface area contributed by atoms with E-state index in [-0.39, 0.29) is 0 Å². The molecule has 1 heterocycles. The van der Waals surface area contributed by atoms with Crippen LogP contribution in [0.1, 0.15) is 6.92 Å². The first kappa shape index (κ1) is 10.7. The van der Waals surface area contributed by atoms with Gasteiger partial charge in [-0.05, 0) is 22.9 Å². The third kappa shape index (κ3) is 4.40. The third-order valence-corrected chi connectivity index (χ3v) is 1.84. The van der Waals surface area contributed by atoms with Gasteiger partial charge in [-0.25, -0.2) is 0 Å². The lowest BCUT2D eigenvalue weighted by Gasteiger charge is -2.05. The van der Waals surface area contributed by atoms with Gasteiger partial charge in [0.15, 0.2) is 0 Å². The molecule has 0 aromatic carbocycles. The molecule has 4 nitrogen and oxygen atoms in total. The zero-order valence-electron chi connectivity index (χ0n) is 7.48. The Morgan fingerprint density at radius 2 is 2.54 bits per heavy atom. The maximum absolute atomic E-state index is 8.90. The fourth-order valence-electron chi connectivity index (χ4n) is 0.873. The molecule has 0 aliphatic carbocycles. The lowest BCUT2D eigenvalue weighted by Crippen LogP contribution is -2.14. The first-order valence-corrected chi connectivity index (χ1v) is 4.91. The van der Waals surface area contributed by atoms with Gasteiger partial charge < -0.3 is 9.84 Å². The van der Waals surface area contributed by atoms with E-state index in [1.807, 2.05) is 6.20 Å². The molecule has 0 saturated carbocycles. The quantitative estimate of drug-likeness (QED) is 0.793. The lowest BCUT2D eigenvalue weighted by atomic mass is 10.4. The Hall–Kier alpha value is -0.390. The second-order valence-electron chi connectivity index (χ2n) is 2.85. The van der Waals surface area contributed by atoms with Gasteiger partial charge in [-0.15, -0.1) is 0 Å². The van der Waals surface area contributed by atoms with Crippen molar-refractivity contribution in [1.29, 1.82) is 0 Å². The number of nitrogens with zero attached hydrogens (tertiary/aromatic N) is 2. The molecule has 13 heavy (non-hydrogen) atoms. The van der Waals surface area contributed by atoms with Gasteiger partial charge in [-0.1, -0.05) is 0 Å². The van der Waals surface area contributed by atoms with Gasteiger partial charge in [0.1, 0.15) is 0 Å². The van der Waals surface area contributed by atoms with Crippen LogP contribution in [0.5, 0.6) is 0 Å². The third-order valence-electron chi connectivity index (χ3n) is 1.43. The summed E-state index contributed by atoms with van der Waals surface area (Å²) in [5.74, 6) is 0. The molecular formula is C8H13BrN2O2. The highest BCUT2D eigenvalue weighted by Gasteiger charge is 1.97. The molecule has 0 amide bonds. The molecule has 1 N–H and O–H groups in total. The Labute approximate surface area is 85.6 Å². The van der Waals surface area contributed by atoms with E-state index in [0.29, 0.717) is 19.8 Å². The minimum atomic E-state index is -0.399. The summed E-state index contributed by atoms with van der Waals surface area (Å²) in [6.07, 6.45) is 3.21. The molecule has 1 rings (SSSR count). The number of halogens is 1. The highest BCUT2D eigenvalue weighted by molar-refractivity contribution is 9.10. The molecule has 0 bridgehead atoms. The van der Waals surface area contributed by atoms with Crippen LogP contribution in [0, 0.1) is 0 Å². The zero-order valence-corrected chi connectivity index (χ0v) is 9.07. The van der Waals surface area contributed by atoms with Crippen molar-refractivity contribution in [3.05, 3.63) is 16.9 Å². The Kier molecular flexibility index (Phi) is 4.41. The monoisotopic (exact) mass is 248 g/mol. The predicted octanol–water partition coefficient (Wildman–Crippen LogP) is 1.04. The normalized spacial score (nSPS) is 13.2. The van der Waals surface area contributed by atoms with Crippen LogP contribution >= 0.6 is 15.9 Å². The maximum Gasteiger partial charge on any atom is 0.0745 e. The Morgan fingerprint density at radius 3 is 3.08 bits per heavy atom. The summed E-state index contributed by atoms with van der Waals surface area (Å²) in [4.78, 5) is 0. The van der Waals surface area contributed by atoms with Crippen molar-refractivity contribution in [1.82, 2.24) is 9.78 Å². The van der Waals surface area contributed by atoms with Crippen LogP contribution in [0.15, 0.2) is 16.9 Å². The Bertz CT molecular complexity index is 250. The summed E-state index contributed by atoms with van der Waals surface area (Å²) in [5.41, 5.74) is 0. The lowest BCUT2D eigenvalue weighted by molar-refractivity contribution is 0.0417. The van der Waals surface area contributed by atoms with E-state index < -0.39 is 6.10 Å². The van der Waals surface area contributed by atoms with Gasteiger partial charge in [0, 0.05) is 6.20 Å². The van der Waals surface area contributed by atoms with Gasteiger partial charge in [0.2, 0.25) is 0 Å². The van der Waals surface area contributed by atoms with Crippen molar-refractivity contribution in [2.45, 2.75) is 19.6 Å². The molecule has 0 spiro atoms. The van der Waals surface area contributed by atoms with Crippen molar-refractivity contribution >= 4 is 15.9 Å². The summed E-state index contributed by atoms with van der Waals surface area (Å²) in [6, 6.07) is 0. The topological polar surface area (TPSA) is 47.3 Å². The van der Waals surface area contributed by atoms with Crippen LogP contribution in [0.3, 0.4) is 0 Å². The highest BCUT2D eigenvalue weighted by Crippen LogP contribution is 2.05. The fourth-order valence-corrected chi connectivity index (χ4v) is 1.20. The van der Waals surface area contributed by atoms with Crippen LogP contribution in [-0.4, -0.2) is 34.2 Å². The average molecular weight is 249 g/mol. The number of aromatic nitrogens is 2. The molecule has 0 saturated heterocycles. The van der Waals surface area contributed by atoms with Crippen LogP contribution in [-0.2, 0) is 11.3 Å². The minimum absolute atomic E-state index is 0.377. The van der Waals surface area contributed by atoms with Crippen molar-refractivity contribution < 1.29 is 9.84 Å². The van der Waals surface area contributed by atoms with E-state index in [9.17, 15) is 0 Å². The van der Waals surface area contributed by atoms with Crippen molar-refractivity contribution in [3.63, 3.8) is 0 Å². The van der Waals surface area contributed by atoms with Gasteiger partial charge in [0.05, 0.1) is 36.5 Å². The van der Waals surface area contributed by atoms with Gasteiger partial charge >= 0.3 is 0 Å². The average Bonchev–Trinajstić information content (AvgIpc) is 2.45. The van der Waals surface area contributed by atoms with Crippen LogP contribution in [0.4, 0.5) is 0 Å². The molecule has 1 aromatic heterocycles. The summed E-state index contributed by atoms with van der Waals surface area (Å²) >= 11 is 3.30. The summed E-state index contributed by atoms with van der Waals surface area (Å²) in [6.45, 7) is 3.35. The SMILES string of the molecule is C[C@@H](O)COCCn1cc(Br)cn1. The molecule has 0 radical (unpaired) electrons. The minimum Gasteiger partial charge on any atom is -0.391 e.